The summed E-state index contributed by atoms with van der Waals surface area (Å²) in [5.41, 5.74) is 1.28. The minimum atomic E-state index is 0.297. The van der Waals surface area contributed by atoms with Gasteiger partial charge in [0.25, 0.3) is 0 Å². The molecule has 0 unspecified atom stereocenters. The van der Waals surface area contributed by atoms with Crippen molar-refractivity contribution in [2.24, 2.45) is 0 Å². The lowest BCUT2D eigenvalue weighted by molar-refractivity contribution is 0.283. The number of aromatic nitrogens is 1. The summed E-state index contributed by atoms with van der Waals surface area (Å²) in [6.45, 7) is 2.19. The first-order valence-corrected chi connectivity index (χ1v) is 4.36. The molecule has 0 aliphatic rings. The molecular formula is C9H16N2O. The van der Waals surface area contributed by atoms with E-state index in [-0.39, 0.29) is 0 Å². The topological polar surface area (TPSA) is 48.0 Å². The highest BCUT2D eigenvalue weighted by Crippen LogP contribution is 1.95. The van der Waals surface area contributed by atoms with Gasteiger partial charge in [-0.05, 0) is 31.0 Å². The molecule has 1 heterocycles. The Hall–Kier alpha value is -0.800. The van der Waals surface area contributed by atoms with Gasteiger partial charge in [0, 0.05) is 25.5 Å². The molecule has 0 radical (unpaired) electrons. The van der Waals surface area contributed by atoms with Gasteiger partial charge in [-0.15, -0.1) is 0 Å². The Morgan fingerprint density at radius 1 is 1.42 bits per heavy atom. The van der Waals surface area contributed by atoms with Crippen LogP contribution in [0.5, 0.6) is 0 Å². The molecule has 12 heavy (non-hydrogen) atoms. The molecule has 0 saturated heterocycles. The van der Waals surface area contributed by atoms with Crippen LogP contribution in [0.4, 0.5) is 0 Å². The van der Waals surface area contributed by atoms with Crippen molar-refractivity contribution < 1.29 is 5.11 Å². The summed E-state index contributed by atoms with van der Waals surface area (Å²) in [6, 6.07) is 2.05. The molecule has 0 bridgehead atoms. The lowest BCUT2D eigenvalue weighted by atomic mass is 10.3. The number of H-pyrrole nitrogens is 1. The summed E-state index contributed by atoms with van der Waals surface area (Å²) in [7, 11) is 0. The fourth-order valence-corrected chi connectivity index (χ4v) is 1.06. The van der Waals surface area contributed by atoms with Crippen LogP contribution in [0, 0.1) is 0 Å². The van der Waals surface area contributed by atoms with Crippen LogP contribution in [0.15, 0.2) is 18.5 Å². The Kier molecular flexibility index (Phi) is 4.49. The fourth-order valence-electron chi connectivity index (χ4n) is 1.06. The van der Waals surface area contributed by atoms with E-state index in [4.69, 9.17) is 5.11 Å². The zero-order chi connectivity index (χ0) is 8.65. The van der Waals surface area contributed by atoms with Crippen LogP contribution >= 0.6 is 0 Å². The van der Waals surface area contributed by atoms with Crippen LogP contribution in [-0.4, -0.2) is 23.2 Å². The minimum Gasteiger partial charge on any atom is -0.396 e. The van der Waals surface area contributed by atoms with E-state index in [9.17, 15) is 0 Å². The standard InChI is InChI=1S/C9H16N2O/c12-6-2-1-4-10-7-9-3-5-11-8-9/h3,5,8,10-12H,1-2,4,6-7H2. The second-order valence-corrected chi connectivity index (χ2v) is 2.83. The Balaban J connectivity index is 1.96. The number of hydrogen-bond acceptors (Lipinski definition) is 2. The van der Waals surface area contributed by atoms with Gasteiger partial charge >= 0.3 is 0 Å². The van der Waals surface area contributed by atoms with Crippen molar-refractivity contribution in [2.45, 2.75) is 19.4 Å². The molecule has 0 spiro atoms. The van der Waals surface area contributed by atoms with E-state index in [1.807, 2.05) is 12.4 Å². The van der Waals surface area contributed by atoms with Crippen molar-refractivity contribution in [3.63, 3.8) is 0 Å². The highest BCUT2D eigenvalue weighted by atomic mass is 16.2. The highest BCUT2D eigenvalue weighted by Gasteiger charge is 1.90. The van der Waals surface area contributed by atoms with Crippen LogP contribution in [-0.2, 0) is 6.54 Å². The molecule has 0 amide bonds. The average Bonchev–Trinajstić information content (AvgIpc) is 2.57. The van der Waals surface area contributed by atoms with Crippen LogP contribution in [0.25, 0.3) is 0 Å². The Bertz CT molecular complexity index is 184. The smallest absolute Gasteiger partial charge is 0.0431 e. The first-order valence-electron chi connectivity index (χ1n) is 4.36. The van der Waals surface area contributed by atoms with Gasteiger partial charge in [0.05, 0.1) is 0 Å². The molecular weight excluding hydrogens is 152 g/mol. The van der Waals surface area contributed by atoms with Gasteiger partial charge in [0.1, 0.15) is 0 Å². The molecule has 3 heteroatoms. The lowest BCUT2D eigenvalue weighted by Gasteiger charge is -2.00. The van der Waals surface area contributed by atoms with Crippen molar-refractivity contribution >= 4 is 0 Å². The summed E-state index contributed by atoms with van der Waals surface area (Å²) < 4.78 is 0. The number of aromatic amines is 1. The number of hydrogen-bond donors (Lipinski definition) is 3. The van der Waals surface area contributed by atoms with E-state index in [1.165, 1.54) is 5.56 Å². The minimum absolute atomic E-state index is 0.297. The first-order chi connectivity index (χ1) is 5.93. The summed E-state index contributed by atoms with van der Waals surface area (Å²) in [4.78, 5) is 3.00. The van der Waals surface area contributed by atoms with Crippen LogP contribution in [0.3, 0.4) is 0 Å². The zero-order valence-corrected chi connectivity index (χ0v) is 7.21. The molecule has 0 fully saturated rings. The van der Waals surface area contributed by atoms with Gasteiger partial charge in [0.2, 0.25) is 0 Å². The van der Waals surface area contributed by atoms with E-state index in [0.717, 1.165) is 25.9 Å². The van der Waals surface area contributed by atoms with Crippen molar-refractivity contribution in [3.8, 4) is 0 Å². The van der Waals surface area contributed by atoms with E-state index < -0.39 is 0 Å². The molecule has 0 aromatic carbocycles. The third-order valence-electron chi connectivity index (χ3n) is 1.75. The van der Waals surface area contributed by atoms with Gasteiger partial charge in [-0.1, -0.05) is 0 Å². The van der Waals surface area contributed by atoms with Crippen molar-refractivity contribution in [1.82, 2.24) is 10.3 Å². The van der Waals surface area contributed by atoms with E-state index >= 15 is 0 Å². The molecule has 0 aliphatic heterocycles. The van der Waals surface area contributed by atoms with Gasteiger partial charge < -0.3 is 15.4 Å². The summed E-state index contributed by atoms with van der Waals surface area (Å²) in [5.74, 6) is 0. The van der Waals surface area contributed by atoms with Gasteiger partial charge in [-0.2, -0.15) is 0 Å². The van der Waals surface area contributed by atoms with Gasteiger partial charge in [-0.3, -0.25) is 0 Å². The van der Waals surface area contributed by atoms with Crippen LogP contribution in [0.2, 0.25) is 0 Å². The molecule has 0 saturated carbocycles. The van der Waals surface area contributed by atoms with Crippen molar-refractivity contribution in [1.29, 1.82) is 0 Å². The lowest BCUT2D eigenvalue weighted by Crippen LogP contribution is -2.14. The monoisotopic (exact) mass is 168 g/mol. The predicted molar refractivity (Wildman–Crippen MR) is 48.8 cm³/mol. The normalized spacial score (nSPS) is 10.4. The molecule has 3 N–H and O–H groups in total. The Labute approximate surface area is 72.8 Å². The highest BCUT2D eigenvalue weighted by molar-refractivity contribution is 5.07. The second-order valence-electron chi connectivity index (χ2n) is 2.83. The Morgan fingerprint density at radius 3 is 3.00 bits per heavy atom. The maximum absolute atomic E-state index is 8.52. The summed E-state index contributed by atoms with van der Waals surface area (Å²) in [6.07, 6.45) is 5.84. The second kappa shape index (κ2) is 5.80. The number of aliphatic hydroxyl groups excluding tert-OH is 1. The SMILES string of the molecule is OCCCCNCc1cc[nH]c1. The van der Waals surface area contributed by atoms with Crippen molar-refractivity contribution in [3.05, 3.63) is 24.0 Å². The Morgan fingerprint density at radius 2 is 2.33 bits per heavy atom. The van der Waals surface area contributed by atoms with E-state index in [1.54, 1.807) is 0 Å². The molecule has 1 aromatic rings. The zero-order valence-electron chi connectivity index (χ0n) is 7.21. The van der Waals surface area contributed by atoms with Gasteiger partial charge in [-0.25, -0.2) is 0 Å². The largest absolute Gasteiger partial charge is 0.396 e. The maximum Gasteiger partial charge on any atom is 0.0431 e. The van der Waals surface area contributed by atoms with Crippen molar-refractivity contribution in [2.75, 3.05) is 13.2 Å². The average molecular weight is 168 g/mol. The molecule has 0 aliphatic carbocycles. The van der Waals surface area contributed by atoms with E-state index in [0.29, 0.717) is 6.61 Å². The van der Waals surface area contributed by atoms with Crippen LogP contribution in [0.1, 0.15) is 18.4 Å². The summed E-state index contributed by atoms with van der Waals surface area (Å²) in [5, 5.41) is 11.8. The first kappa shape index (κ1) is 9.29. The molecule has 3 nitrogen and oxygen atoms in total. The molecule has 0 atom stereocenters. The molecule has 68 valence electrons. The number of aliphatic hydroxyl groups is 1. The summed E-state index contributed by atoms with van der Waals surface area (Å²) >= 11 is 0. The predicted octanol–water partition coefficient (Wildman–Crippen LogP) is 0.877. The van der Waals surface area contributed by atoms with E-state index in [2.05, 4.69) is 16.4 Å². The number of rotatable bonds is 6. The molecule has 1 aromatic heterocycles. The molecule has 1 rings (SSSR count). The fraction of sp³-hybridized carbons (Fsp3) is 0.556. The quantitative estimate of drug-likeness (QED) is 0.552. The maximum atomic E-state index is 8.52. The third-order valence-corrected chi connectivity index (χ3v) is 1.75. The number of nitrogens with one attached hydrogen (secondary N) is 2. The third kappa shape index (κ3) is 3.55. The number of unbranched alkanes of at least 4 members (excludes halogenated alkanes) is 1. The van der Waals surface area contributed by atoms with Crippen LogP contribution < -0.4 is 5.32 Å². The van der Waals surface area contributed by atoms with Gasteiger partial charge in [0.15, 0.2) is 0 Å².